The fourth-order valence-electron chi connectivity index (χ4n) is 4.21. The molecule has 0 aliphatic rings. The molecule has 0 atom stereocenters. The molecule has 3 aromatic heterocycles. The summed E-state index contributed by atoms with van der Waals surface area (Å²) in [6.07, 6.45) is 1.59. The first-order chi connectivity index (χ1) is 19.0. The summed E-state index contributed by atoms with van der Waals surface area (Å²) in [5.41, 5.74) is 7.37. The van der Waals surface area contributed by atoms with Gasteiger partial charge < -0.3 is 9.84 Å². The third kappa shape index (κ3) is 6.36. The number of anilines is 1. The number of carbonyl (C=O) groups is 1. The molecule has 0 unspecified atom stereocenters. The predicted octanol–water partition coefficient (Wildman–Crippen LogP) is 3.74. The average Bonchev–Trinajstić information content (AvgIpc) is 3.32. The van der Waals surface area contributed by atoms with E-state index in [-0.39, 0.29) is 30.4 Å². The highest BCUT2D eigenvalue weighted by atomic mass is 16.5. The molecule has 10 nitrogen and oxygen atoms in total. The van der Waals surface area contributed by atoms with Gasteiger partial charge in [-0.2, -0.15) is 0 Å². The Bertz CT molecular complexity index is 1590. The van der Waals surface area contributed by atoms with Crippen molar-refractivity contribution in [2.45, 2.75) is 40.0 Å². The number of hydrazine groups is 1. The van der Waals surface area contributed by atoms with E-state index in [2.05, 4.69) is 25.9 Å². The Balaban J connectivity index is 1.29. The Labute approximate surface area is 225 Å². The quantitative estimate of drug-likeness (QED) is 0.266. The molecule has 0 saturated carbocycles. The van der Waals surface area contributed by atoms with Crippen LogP contribution in [0.4, 0.5) is 5.82 Å². The van der Waals surface area contributed by atoms with Crippen LogP contribution in [0.3, 0.4) is 0 Å². The molecule has 39 heavy (non-hydrogen) atoms. The second-order valence-corrected chi connectivity index (χ2v) is 9.28. The normalized spacial score (nSPS) is 11.2. The van der Waals surface area contributed by atoms with Gasteiger partial charge >= 0.3 is 0 Å². The molecule has 0 radical (unpaired) electrons. The van der Waals surface area contributed by atoms with Gasteiger partial charge in [-0.15, -0.1) is 0 Å². The van der Waals surface area contributed by atoms with Crippen molar-refractivity contribution in [3.8, 4) is 0 Å². The predicted molar refractivity (Wildman–Crippen MR) is 147 cm³/mol. The molecule has 5 aromatic rings. The third-order valence-electron chi connectivity index (χ3n) is 6.30. The first-order valence-electron chi connectivity index (χ1n) is 12.6. The lowest BCUT2D eigenvalue weighted by molar-refractivity contribution is -0.121. The molecule has 3 heterocycles. The summed E-state index contributed by atoms with van der Waals surface area (Å²) in [4.78, 5) is 34.9. The monoisotopic (exact) mass is 523 g/mol. The molecule has 10 heteroatoms. The van der Waals surface area contributed by atoms with Gasteiger partial charge in [0, 0.05) is 25.0 Å². The highest BCUT2D eigenvalue weighted by Gasteiger charge is 2.15. The Kier molecular flexibility index (Phi) is 7.74. The second-order valence-electron chi connectivity index (χ2n) is 9.28. The van der Waals surface area contributed by atoms with Crippen LogP contribution in [0.15, 0.2) is 88.3 Å². The molecule has 0 saturated heterocycles. The van der Waals surface area contributed by atoms with Crippen LogP contribution in [0.25, 0.3) is 11.1 Å². The number of rotatable bonds is 10. The number of nitrogens with one attached hydrogen (secondary N) is 2. The Morgan fingerprint density at radius 3 is 2.28 bits per heavy atom. The summed E-state index contributed by atoms with van der Waals surface area (Å²) < 4.78 is 6.61. The number of carbonyl (C=O) groups excluding carboxylic acids is 1. The standard InChI is InChI=1S/C29H29N7O3/c1-20-15-31-27(33-35(17-22-9-5-3-6-10-22)18-23-11-7-4-8-12-23)29(38)36(20)19-26(37)30-16-24-13-14-25-21(2)34-39-28(25)32-24/h3-15H,16-19H2,1-2H3,(H,30,37)(H,31,33). The topological polar surface area (TPSA) is 118 Å². The smallest absolute Gasteiger partial charge is 0.295 e. The Morgan fingerprint density at radius 2 is 1.62 bits per heavy atom. The maximum Gasteiger partial charge on any atom is 0.295 e. The summed E-state index contributed by atoms with van der Waals surface area (Å²) >= 11 is 0. The lowest BCUT2D eigenvalue weighted by Crippen LogP contribution is -2.37. The second kappa shape index (κ2) is 11.7. The first-order valence-corrected chi connectivity index (χ1v) is 12.6. The van der Waals surface area contributed by atoms with E-state index in [4.69, 9.17) is 4.52 Å². The van der Waals surface area contributed by atoms with Crippen molar-refractivity contribution >= 4 is 22.8 Å². The van der Waals surface area contributed by atoms with Gasteiger partial charge in [0.15, 0.2) is 0 Å². The van der Waals surface area contributed by atoms with Crippen LogP contribution in [0.1, 0.15) is 28.2 Å². The van der Waals surface area contributed by atoms with Crippen LogP contribution in [-0.4, -0.2) is 30.6 Å². The van der Waals surface area contributed by atoms with Crippen molar-refractivity contribution in [2.24, 2.45) is 0 Å². The van der Waals surface area contributed by atoms with Gasteiger partial charge in [-0.1, -0.05) is 65.8 Å². The van der Waals surface area contributed by atoms with Gasteiger partial charge in [-0.05, 0) is 37.1 Å². The lowest BCUT2D eigenvalue weighted by Gasteiger charge is -2.24. The van der Waals surface area contributed by atoms with Crippen molar-refractivity contribution in [1.29, 1.82) is 0 Å². The average molecular weight is 524 g/mol. The van der Waals surface area contributed by atoms with Crippen LogP contribution >= 0.6 is 0 Å². The highest BCUT2D eigenvalue weighted by Crippen LogP contribution is 2.16. The van der Waals surface area contributed by atoms with Crippen molar-refractivity contribution in [3.63, 3.8) is 0 Å². The maximum atomic E-state index is 13.4. The van der Waals surface area contributed by atoms with E-state index in [1.165, 1.54) is 4.57 Å². The molecular formula is C29H29N7O3. The van der Waals surface area contributed by atoms with E-state index >= 15 is 0 Å². The molecule has 0 spiro atoms. The molecule has 2 aromatic carbocycles. The Morgan fingerprint density at radius 1 is 0.949 bits per heavy atom. The van der Waals surface area contributed by atoms with Crippen molar-refractivity contribution in [2.75, 3.05) is 5.43 Å². The number of hydrogen-bond acceptors (Lipinski definition) is 8. The maximum absolute atomic E-state index is 13.4. The molecule has 0 aliphatic carbocycles. The molecule has 198 valence electrons. The molecule has 5 rings (SSSR count). The molecule has 0 bridgehead atoms. The minimum Gasteiger partial charge on any atom is -0.349 e. The number of hydrogen-bond donors (Lipinski definition) is 2. The fourth-order valence-corrected chi connectivity index (χ4v) is 4.21. The fraction of sp³-hybridized carbons (Fsp3) is 0.207. The van der Waals surface area contributed by atoms with Crippen LogP contribution in [0.5, 0.6) is 0 Å². The zero-order chi connectivity index (χ0) is 27.2. The van der Waals surface area contributed by atoms with Crippen molar-refractivity contribution < 1.29 is 9.32 Å². The summed E-state index contributed by atoms with van der Waals surface area (Å²) in [6.45, 7) is 4.73. The van der Waals surface area contributed by atoms with E-state index < -0.39 is 0 Å². The molecular weight excluding hydrogens is 494 g/mol. The largest absolute Gasteiger partial charge is 0.349 e. The molecule has 2 N–H and O–H groups in total. The van der Waals surface area contributed by atoms with E-state index in [0.717, 1.165) is 22.2 Å². The summed E-state index contributed by atoms with van der Waals surface area (Å²) in [5, 5.41) is 9.49. The zero-order valence-electron chi connectivity index (χ0n) is 21.8. The number of nitrogens with zero attached hydrogens (tertiary/aromatic N) is 5. The van der Waals surface area contributed by atoms with Crippen LogP contribution in [-0.2, 0) is 31.0 Å². The minimum atomic E-state index is -0.382. The molecule has 0 fully saturated rings. The first kappa shape index (κ1) is 25.8. The number of fused-ring (bicyclic) bond motifs is 1. The zero-order valence-corrected chi connectivity index (χ0v) is 21.8. The van der Waals surface area contributed by atoms with Gasteiger partial charge in [0.05, 0.1) is 23.3 Å². The van der Waals surface area contributed by atoms with Gasteiger partial charge in [0.2, 0.25) is 11.7 Å². The minimum absolute atomic E-state index is 0.146. The SMILES string of the molecule is Cc1noc2nc(CNC(=O)Cn3c(C)cnc(NN(Cc4ccccc4)Cc4ccccc4)c3=O)ccc12. The van der Waals surface area contributed by atoms with Crippen LogP contribution < -0.4 is 16.3 Å². The number of benzene rings is 2. The van der Waals surface area contributed by atoms with Gasteiger partial charge in [0.25, 0.3) is 11.3 Å². The number of pyridine rings is 1. The van der Waals surface area contributed by atoms with Crippen molar-refractivity contribution in [1.82, 2.24) is 30.0 Å². The van der Waals surface area contributed by atoms with Gasteiger partial charge in [-0.3, -0.25) is 19.6 Å². The molecule has 1 amide bonds. The van der Waals surface area contributed by atoms with Gasteiger partial charge in [0.1, 0.15) is 6.54 Å². The van der Waals surface area contributed by atoms with Gasteiger partial charge in [-0.25, -0.2) is 15.0 Å². The summed E-state index contributed by atoms with van der Waals surface area (Å²) in [7, 11) is 0. The van der Waals surface area contributed by atoms with E-state index in [1.54, 1.807) is 13.1 Å². The van der Waals surface area contributed by atoms with E-state index in [9.17, 15) is 9.59 Å². The summed E-state index contributed by atoms with van der Waals surface area (Å²) in [5.74, 6) is -0.175. The van der Waals surface area contributed by atoms with E-state index in [0.29, 0.717) is 30.2 Å². The van der Waals surface area contributed by atoms with Crippen LogP contribution in [0, 0.1) is 13.8 Å². The number of aryl methyl sites for hydroxylation is 2. The highest BCUT2D eigenvalue weighted by molar-refractivity contribution is 5.77. The van der Waals surface area contributed by atoms with Crippen LogP contribution in [0.2, 0.25) is 0 Å². The summed E-state index contributed by atoms with van der Waals surface area (Å²) in [6, 6.07) is 23.6. The lowest BCUT2D eigenvalue weighted by atomic mass is 10.2. The third-order valence-corrected chi connectivity index (χ3v) is 6.30. The molecule has 0 aliphatic heterocycles. The number of aromatic nitrogens is 4. The van der Waals surface area contributed by atoms with E-state index in [1.807, 2.05) is 84.7 Å². The number of amides is 1. The van der Waals surface area contributed by atoms with Crippen molar-refractivity contribution in [3.05, 3.63) is 118 Å². The Hall–Kier alpha value is -4.83.